The highest BCUT2D eigenvalue weighted by atomic mass is 15.2. The Bertz CT molecular complexity index is 795. The average molecular weight is 307 g/mol. The molecule has 0 radical (unpaired) electrons. The standard InChI is InChI=1S/C18H21N5/c1-13(2)10-23(11-15-6-4-8-19-14(15)3)18-17-16(21-12-22-18)7-5-9-20-17/h4-9,12-13H,10-11H2,1-3H3. The Morgan fingerprint density at radius 1 is 1.00 bits per heavy atom. The van der Waals surface area contributed by atoms with Crippen LogP contribution in [0.2, 0.25) is 0 Å². The van der Waals surface area contributed by atoms with Crippen molar-refractivity contribution in [3.05, 3.63) is 54.2 Å². The fourth-order valence-electron chi connectivity index (χ4n) is 2.67. The average Bonchev–Trinajstić information content (AvgIpc) is 2.55. The Morgan fingerprint density at radius 2 is 1.78 bits per heavy atom. The monoisotopic (exact) mass is 307 g/mol. The van der Waals surface area contributed by atoms with Gasteiger partial charge in [0, 0.05) is 31.2 Å². The van der Waals surface area contributed by atoms with E-state index in [2.05, 4.69) is 44.7 Å². The number of fused-ring (bicyclic) bond motifs is 1. The molecule has 3 aromatic rings. The van der Waals surface area contributed by atoms with Crippen LogP contribution in [0.4, 0.5) is 5.82 Å². The minimum atomic E-state index is 0.515. The second kappa shape index (κ2) is 6.69. The van der Waals surface area contributed by atoms with Gasteiger partial charge in [0.2, 0.25) is 0 Å². The van der Waals surface area contributed by atoms with E-state index in [0.29, 0.717) is 5.92 Å². The molecule has 0 amide bonds. The van der Waals surface area contributed by atoms with E-state index in [-0.39, 0.29) is 0 Å². The zero-order chi connectivity index (χ0) is 16.2. The molecule has 0 atom stereocenters. The van der Waals surface area contributed by atoms with E-state index in [9.17, 15) is 0 Å². The van der Waals surface area contributed by atoms with Gasteiger partial charge in [-0.2, -0.15) is 0 Å². The fourth-order valence-corrected chi connectivity index (χ4v) is 2.67. The summed E-state index contributed by atoms with van der Waals surface area (Å²) in [5, 5.41) is 0. The normalized spacial score (nSPS) is 11.1. The first kappa shape index (κ1) is 15.3. The summed E-state index contributed by atoms with van der Waals surface area (Å²) in [6.07, 6.45) is 5.23. The highest BCUT2D eigenvalue weighted by Crippen LogP contribution is 2.23. The Kier molecular flexibility index (Phi) is 4.46. The van der Waals surface area contributed by atoms with Gasteiger partial charge >= 0.3 is 0 Å². The Balaban J connectivity index is 2.03. The van der Waals surface area contributed by atoms with Crippen LogP contribution < -0.4 is 4.90 Å². The van der Waals surface area contributed by atoms with Crippen LogP contribution in [0.5, 0.6) is 0 Å². The van der Waals surface area contributed by atoms with Crippen LogP contribution in [0, 0.1) is 12.8 Å². The number of pyridine rings is 2. The molecule has 0 aliphatic rings. The molecule has 0 saturated carbocycles. The van der Waals surface area contributed by atoms with Crippen molar-refractivity contribution in [1.82, 2.24) is 19.9 Å². The van der Waals surface area contributed by atoms with Gasteiger partial charge in [-0.3, -0.25) is 9.97 Å². The molecule has 3 aromatic heterocycles. The van der Waals surface area contributed by atoms with Crippen LogP contribution in [0.15, 0.2) is 43.0 Å². The molecule has 0 aliphatic heterocycles. The summed E-state index contributed by atoms with van der Waals surface area (Å²) < 4.78 is 0. The van der Waals surface area contributed by atoms with E-state index < -0.39 is 0 Å². The summed E-state index contributed by atoms with van der Waals surface area (Å²) in [5.74, 6) is 1.40. The molecule has 0 spiro atoms. The zero-order valence-corrected chi connectivity index (χ0v) is 13.8. The van der Waals surface area contributed by atoms with Crippen molar-refractivity contribution in [3.8, 4) is 0 Å². The van der Waals surface area contributed by atoms with Gasteiger partial charge in [-0.05, 0) is 36.6 Å². The SMILES string of the molecule is Cc1ncccc1CN(CC(C)C)c1ncnc2cccnc12. The topological polar surface area (TPSA) is 54.8 Å². The fraction of sp³-hybridized carbons (Fsp3) is 0.333. The third-order valence-corrected chi connectivity index (χ3v) is 3.74. The minimum Gasteiger partial charge on any atom is -0.350 e. The molecule has 0 saturated heterocycles. The van der Waals surface area contributed by atoms with E-state index in [1.807, 2.05) is 31.3 Å². The van der Waals surface area contributed by atoms with Crippen molar-refractivity contribution in [2.45, 2.75) is 27.3 Å². The molecule has 3 rings (SSSR count). The van der Waals surface area contributed by atoms with E-state index in [4.69, 9.17) is 0 Å². The van der Waals surface area contributed by atoms with E-state index in [0.717, 1.165) is 35.6 Å². The number of hydrogen-bond acceptors (Lipinski definition) is 5. The molecule has 5 nitrogen and oxygen atoms in total. The molecule has 0 bridgehead atoms. The van der Waals surface area contributed by atoms with Crippen molar-refractivity contribution >= 4 is 16.9 Å². The van der Waals surface area contributed by atoms with Crippen LogP contribution in [-0.2, 0) is 6.54 Å². The molecule has 0 aromatic carbocycles. The number of anilines is 1. The van der Waals surface area contributed by atoms with Gasteiger partial charge in [0.15, 0.2) is 5.82 Å². The highest BCUT2D eigenvalue weighted by molar-refractivity contribution is 5.85. The molecule has 5 heteroatoms. The summed E-state index contributed by atoms with van der Waals surface area (Å²) in [4.78, 5) is 20.0. The number of aryl methyl sites for hydroxylation is 1. The van der Waals surface area contributed by atoms with Crippen molar-refractivity contribution in [3.63, 3.8) is 0 Å². The van der Waals surface area contributed by atoms with Gasteiger partial charge < -0.3 is 4.90 Å². The van der Waals surface area contributed by atoms with Crippen molar-refractivity contribution < 1.29 is 0 Å². The second-order valence-corrected chi connectivity index (χ2v) is 6.09. The van der Waals surface area contributed by atoms with Gasteiger partial charge in [0.05, 0.1) is 5.52 Å². The van der Waals surface area contributed by atoms with Crippen molar-refractivity contribution in [1.29, 1.82) is 0 Å². The first-order valence-corrected chi connectivity index (χ1v) is 7.86. The molecule has 23 heavy (non-hydrogen) atoms. The molecule has 3 heterocycles. The molecule has 118 valence electrons. The highest BCUT2D eigenvalue weighted by Gasteiger charge is 2.16. The minimum absolute atomic E-state index is 0.515. The van der Waals surface area contributed by atoms with Gasteiger partial charge in [0.1, 0.15) is 11.8 Å². The van der Waals surface area contributed by atoms with Crippen molar-refractivity contribution in [2.24, 2.45) is 5.92 Å². The third-order valence-electron chi connectivity index (χ3n) is 3.74. The maximum Gasteiger partial charge on any atom is 0.158 e. The second-order valence-electron chi connectivity index (χ2n) is 6.09. The lowest BCUT2D eigenvalue weighted by atomic mass is 10.1. The first-order chi connectivity index (χ1) is 11.1. The lowest BCUT2D eigenvalue weighted by Crippen LogP contribution is -2.28. The van der Waals surface area contributed by atoms with Gasteiger partial charge in [-0.25, -0.2) is 9.97 Å². The van der Waals surface area contributed by atoms with Gasteiger partial charge in [0.25, 0.3) is 0 Å². The first-order valence-electron chi connectivity index (χ1n) is 7.86. The molecule has 0 fully saturated rings. The Morgan fingerprint density at radius 3 is 2.57 bits per heavy atom. The molecule has 0 N–H and O–H groups in total. The lowest BCUT2D eigenvalue weighted by Gasteiger charge is -2.26. The summed E-state index contributed by atoms with van der Waals surface area (Å²) in [6.45, 7) is 8.12. The number of nitrogens with zero attached hydrogens (tertiary/aromatic N) is 5. The third kappa shape index (κ3) is 3.44. The lowest BCUT2D eigenvalue weighted by molar-refractivity contribution is 0.604. The predicted molar refractivity (Wildman–Crippen MR) is 92.2 cm³/mol. The molecule has 0 aliphatic carbocycles. The van der Waals surface area contributed by atoms with Crippen molar-refractivity contribution in [2.75, 3.05) is 11.4 Å². The smallest absolute Gasteiger partial charge is 0.158 e. The van der Waals surface area contributed by atoms with Crippen LogP contribution in [0.3, 0.4) is 0 Å². The maximum atomic E-state index is 4.52. The largest absolute Gasteiger partial charge is 0.350 e. The number of aromatic nitrogens is 4. The number of hydrogen-bond donors (Lipinski definition) is 0. The predicted octanol–water partition coefficient (Wildman–Crippen LogP) is 3.39. The zero-order valence-electron chi connectivity index (χ0n) is 13.8. The summed E-state index contributed by atoms with van der Waals surface area (Å²) in [5.41, 5.74) is 3.97. The summed E-state index contributed by atoms with van der Waals surface area (Å²) in [7, 11) is 0. The number of rotatable bonds is 5. The maximum absolute atomic E-state index is 4.52. The van der Waals surface area contributed by atoms with Crippen LogP contribution in [0.25, 0.3) is 11.0 Å². The van der Waals surface area contributed by atoms with Gasteiger partial charge in [-0.15, -0.1) is 0 Å². The van der Waals surface area contributed by atoms with E-state index in [1.165, 1.54) is 5.56 Å². The Labute approximate surface area is 136 Å². The molecular formula is C18H21N5. The Hall–Kier alpha value is -2.56. The van der Waals surface area contributed by atoms with Crippen LogP contribution >= 0.6 is 0 Å². The van der Waals surface area contributed by atoms with Gasteiger partial charge in [-0.1, -0.05) is 19.9 Å². The summed E-state index contributed by atoms with van der Waals surface area (Å²) >= 11 is 0. The quantitative estimate of drug-likeness (QED) is 0.723. The van der Waals surface area contributed by atoms with Crippen LogP contribution in [-0.4, -0.2) is 26.5 Å². The van der Waals surface area contributed by atoms with Crippen LogP contribution in [0.1, 0.15) is 25.1 Å². The summed E-state index contributed by atoms with van der Waals surface area (Å²) in [6, 6.07) is 7.96. The van der Waals surface area contributed by atoms with E-state index >= 15 is 0 Å². The van der Waals surface area contributed by atoms with E-state index in [1.54, 1.807) is 12.5 Å². The molecular weight excluding hydrogens is 286 g/mol. The molecule has 0 unspecified atom stereocenters.